The molecule has 1 fully saturated rings. The van der Waals surface area contributed by atoms with Gasteiger partial charge < -0.3 is 5.11 Å². The van der Waals surface area contributed by atoms with Crippen LogP contribution >= 0.6 is 11.6 Å². The van der Waals surface area contributed by atoms with Crippen LogP contribution in [0.25, 0.3) is 0 Å². The van der Waals surface area contributed by atoms with Gasteiger partial charge in [-0.2, -0.15) is 0 Å². The zero-order valence-electron chi connectivity index (χ0n) is 11.6. The van der Waals surface area contributed by atoms with E-state index in [4.69, 9.17) is 11.6 Å². The molecule has 0 aromatic heterocycles. The molecule has 0 spiro atoms. The van der Waals surface area contributed by atoms with Gasteiger partial charge in [0.2, 0.25) is 0 Å². The van der Waals surface area contributed by atoms with Gasteiger partial charge in [-0.3, -0.25) is 0 Å². The van der Waals surface area contributed by atoms with Gasteiger partial charge in [-0.1, -0.05) is 54.4 Å². The van der Waals surface area contributed by atoms with Crippen LogP contribution in [0.5, 0.6) is 0 Å². The third kappa shape index (κ3) is 2.48. The summed E-state index contributed by atoms with van der Waals surface area (Å²) in [6.45, 7) is 1.97. The molecule has 1 aliphatic rings. The Labute approximate surface area is 125 Å². The molecule has 0 heterocycles. The summed E-state index contributed by atoms with van der Waals surface area (Å²) in [4.78, 5) is 0. The van der Waals surface area contributed by atoms with Crippen LogP contribution in [0.3, 0.4) is 0 Å². The molecular weight excluding hydrogens is 268 g/mol. The first-order valence-corrected chi connectivity index (χ1v) is 7.57. The first-order chi connectivity index (χ1) is 9.66. The maximum absolute atomic E-state index is 10.7. The number of hydrogen-bond donors (Lipinski definition) is 1. The van der Waals surface area contributed by atoms with Gasteiger partial charge in [-0.05, 0) is 54.0 Å². The summed E-state index contributed by atoms with van der Waals surface area (Å²) in [5, 5.41) is 11.5. The molecule has 3 rings (SSSR count). The minimum Gasteiger partial charge on any atom is -0.384 e. The van der Waals surface area contributed by atoms with E-state index >= 15 is 0 Å². The van der Waals surface area contributed by atoms with Crippen LogP contribution in [0.4, 0.5) is 0 Å². The molecule has 2 aromatic rings. The van der Waals surface area contributed by atoms with E-state index in [1.54, 1.807) is 0 Å². The van der Waals surface area contributed by atoms with Crippen LogP contribution in [-0.4, -0.2) is 5.11 Å². The Kier molecular flexibility index (Phi) is 3.82. The third-order valence-electron chi connectivity index (χ3n) is 4.33. The lowest BCUT2D eigenvalue weighted by Gasteiger charge is -2.29. The van der Waals surface area contributed by atoms with Gasteiger partial charge in [-0.25, -0.2) is 0 Å². The van der Waals surface area contributed by atoms with Crippen molar-refractivity contribution in [1.82, 2.24) is 0 Å². The molecule has 1 N–H and O–H groups in total. The quantitative estimate of drug-likeness (QED) is 0.842. The van der Waals surface area contributed by atoms with Crippen molar-refractivity contribution in [3.8, 4) is 0 Å². The van der Waals surface area contributed by atoms with Crippen molar-refractivity contribution < 1.29 is 5.11 Å². The summed E-state index contributed by atoms with van der Waals surface area (Å²) in [6.07, 6.45) is 3.21. The van der Waals surface area contributed by atoms with Crippen LogP contribution < -0.4 is 0 Å². The molecule has 1 nitrogen and oxygen atoms in total. The number of hydrogen-bond acceptors (Lipinski definition) is 1. The summed E-state index contributed by atoms with van der Waals surface area (Å²) in [5.74, 6) is 0.620. The van der Waals surface area contributed by atoms with Crippen molar-refractivity contribution in [3.63, 3.8) is 0 Å². The lowest BCUT2D eigenvalue weighted by Crippen LogP contribution is -2.13. The van der Waals surface area contributed by atoms with Gasteiger partial charge >= 0.3 is 0 Å². The fourth-order valence-corrected chi connectivity index (χ4v) is 2.99. The Morgan fingerprint density at radius 1 is 1.15 bits per heavy atom. The first kappa shape index (κ1) is 13.7. The zero-order valence-corrected chi connectivity index (χ0v) is 12.4. The van der Waals surface area contributed by atoms with Gasteiger partial charge in [0.1, 0.15) is 6.10 Å². The van der Waals surface area contributed by atoms with Crippen LogP contribution in [0.15, 0.2) is 42.5 Å². The average Bonchev–Trinajstić information content (AvgIpc) is 2.40. The first-order valence-electron chi connectivity index (χ1n) is 7.20. The minimum atomic E-state index is -0.567. The highest BCUT2D eigenvalue weighted by atomic mass is 35.5. The molecule has 1 atom stereocenters. The smallest absolute Gasteiger partial charge is 0.104 e. The molecule has 0 bridgehead atoms. The van der Waals surface area contributed by atoms with Crippen LogP contribution in [-0.2, 0) is 0 Å². The topological polar surface area (TPSA) is 20.2 Å². The fraction of sp³-hybridized carbons (Fsp3) is 0.333. The van der Waals surface area contributed by atoms with E-state index < -0.39 is 6.10 Å². The SMILES string of the molecule is Cc1cc(C(O)c2ccccc2C2CCC2)ccc1Cl. The fourth-order valence-electron chi connectivity index (χ4n) is 2.87. The Morgan fingerprint density at radius 3 is 2.55 bits per heavy atom. The molecule has 1 saturated carbocycles. The maximum Gasteiger partial charge on any atom is 0.104 e. The van der Waals surface area contributed by atoms with E-state index in [-0.39, 0.29) is 0 Å². The molecule has 1 aliphatic carbocycles. The lowest BCUT2D eigenvalue weighted by molar-refractivity contribution is 0.217. The maximum atomic E-state index is 10.7. The largest absolute Gasteiger partial charge is 0.384 e. The van der Waals surface area contributed by atoms with E-state index in [0.29, 0.717) is 5.92 Å². The number of benzene rings is 2. The Morgan fingerprint density at radius 2 is 1.90 bits per heavy atom. The van der Waals surface area contributed by atoms with Gasteiger partial charge in [0.15, 0.2) is 0 Å². The highest BCUT2D eigenvalue weighted by Crippen LogP contribution is 2.40. The highest BCUT2D eigenvalue weighted by molar-refractivity contribution is 6.31. The monoisotopic (exact) mass is 286 g/mol. The van der Waals surface area contributed by atoms with E-state index in [9.17, 15) is 5.11 Å². The van der Waals surface area contributed by atoms with Crippen LogP contribution in [0.2, 0.25) is 5.02 Å². The van der Waals surface area contributed by atoms with Crippen LogP contribution in [0, 0.1) is 6.92 Å². The highest BCUT2D eigenvalue weighted by Gasteiger charge is 2.24. The molecule has 0 saturated heterocycles. The number of halogens is 1. The predicted octanol–water partition coefficient (Wildman–Crippen LogP) is 5.00. The second-order valence-electron chi connectivity index (χ2n) is 5.67. The molecule has 1 unspecified atom stereocenters. The zero-order chi connectivity index (χ0) is 14.1. The van der Waals surface area contributed by atoms with Crippen molar-refractivity contribution in [2.24, 2.45) is 0 Å². The molecule has 104 valence electrons. The Hall–Kier alpha value is -1.31. The van der Waals surface area contributed by atoms with E-state index in [1.165, 1.54) is 24.8 Å². The summed E-state index contributed by atoms with van der Waals surface area (Å²) in [5.41, 5.74) is 4.26. The van der Waals surface area contributed by atoms with E-state index in [2.05, 4.69) is 12.1 Å². The molecular formula is C18H19ClO. The Bertz CT molecular complexity index is 617. The molecule has 0 aliphatic heterocycles. The van der Waals surface area contributed by atoms with E-state index in [0.717, 1.165) is 21.7 Å². The lowest BCUT2D eigenvalue weighted by atomic mass is 9.77. The average molecular weight is 287 g/mol. The summed E-state index contributed by atoms with van der Waals surface area (Å²) in [6, 6.07) is 14.0. The normalized spacial score (nSPS) is 16.8. The molecule has 20 heavy (non-hydrogen) atoms. The van der Waals surface area contributed by atoms with Crippen molar-refractivity contribution >= 4 is 11.6 Å². The standard InChI is InChI=1S/C18H19ClO/c1-12-11-14(9-10-17(12)19)18(20)16-8-3-2-7-15(16)13-5-4-6-13/h2-3,7-11,13,18,20H,4-6H2,1H3. The predicted molar refractivity (Wildman–Crippen MR) is 83.3 cm³/mol. The van der Waals surface area contributed by atoms with Crippen LogP contribution in [0.1, 0.15) is 53.5 Å². The minimum absolute atomic E-state index is 0.567. The number of aliphatic hydroxyl groups excluding tert-OH is 1. The van der Waals surface area contributed by atoms with Gasteiger partial charge in [0.05, 0.1) is 0 Å². The molecule has 0 amide bonds. The second kappa shape index (κ2) is 5.59. The molecule has 0 radical (unpaired) electrons. The second-order valence-corrected chi connectivity index (χ2v) is 6.08. The van der Waals surface area contributed by atoms with Crippen molar-refractivity contribution in [3.05, 3.63) is 69.7 Å². The van der Waals surface area contributed by atoms with Crippen molar-refractivity contribution in [1.29, 1.82) is 0 Å². The van der Waals surface area contributed by atoms with Gasteiger partial charge in [0, 0.05) is 5.02 Å². The summed E-state index contributed by atoms with van der Waals surface area (Å²) < 4.78 is 0. The van der Waals surface area contributed by atoms with Crippen molar-refractivity contribution in [2.45, 2.75) is 38.2 Å². The Balaban J connectivity index is 1.97. The summed E-state index contributed by atoms with van der Waals surface area (Å²) >= 11 is 6.06. The van der Waals surface area contributed by atoms with E-state index in [1.807, 2.05) is 37.3 Å². The number of aryl methyl sites for hydroxylation is 1. The number of aliphatic hydroxyl groups is 1. The van der Waals surface area contributed by atoms with Crippen molar-refractivity contribution in [2.75, 3.05) is 0 Å². The number of rotatable bonds is 3. The molecule has 2 heteroatoms. The van der Waals surface area contributed by atoms with Gasteiger partial charge in [-0.15, -0.1) is 0 Å². The molecule has 2 aromatic carbocycles. The van der Waals surface area contributed by atoms with Gasteiger partial charge in [0.25, 0.3) is 0 Å². The summed E-state index contributed by atoms with van der Waals surface area (Å²) in [7, 11) is 0. The third-order valence-corrected chi connectivity index (χ3v) is 4.76.